The van der Waals surface area contributed by atoms with Gasteiger partial charge in [0, 0.05) is 12.6 Å². The standard InChI is InChI=1S/C15H22N2O3/c1-17-6-2-3-11(17)8-16-14(18)12-9-4-5-10(7-9)13(12)15(19)20/h4-5,9-13H,2-3,6-8H2,1H3,(H,16,18)(H,19,20). The number of aliphatic carboxylic acids is 1. The van der Waals surface area contributed by atoms with Gasteiger partial charge in [0.05, 0.1) is 11.8 Å². The fourth-order valence-electron chi connectivity index (χ4n) is 4.09. The van der Waals surface area contributed by atoms with Gasteiger partial charge < -0.3 is 15.3 Å². The molecule has 5 nitrogen and oxygen atoms in total. The van der Waals surface area contributed by atoms with Crippen LogP contribution in [0.3, 0.4) is 0 Å². The summed E-state index contributed by atoms with van der Waals surface area (Å²) in [4.78, 5) is 26.0. The molecule has 3 rings (SSSR count). The summed E-state index contributed by atoms with van der Waals surface area (Å²) in [5.74, 6) is -1.67. The van der Waals surface area contributed by atoms with Crippen LogP contribution in [0.4, 0.5) is 0 Å². The average molecular weight is 278 g/mol. The summed E-state index contributed by atoms with van der Waals surface area (Å²) in [5.41, 5.74) is 0. The Balaban J connectivity index is 1.61. The molecule has 5 atom stereocenters. The molecule has 0 radical (unpaired) electrons. The number of carbonyl (C=O) groups is 2. The number of carbonyl (C=O) groups excluding carboxylic acids is 1. The molecule has 0 aromatic carbocycles. The van der Waals surface area contributed by atoms with E-state index >= 15 is 0 Å². The van der Waals surface area contributed by atoms with Crippen molar-refractivity contribution in [3.8, 4) is 0 Å². The maximum absolute atomic E-state index is 12.4. The number of hydrogen-bond donors (Lipinski definition) is 2. The Hall–Kier alpha value is -1.36. The molecule has 1 heterocycles. The van der Waals surface area contributed by atoms with Crippen molar-refractivity contribution in [3.05, 3.63) is 12.2 Å². The minimum atomic E-state index is -0.833. The molecule has 2 bridgehead atoms. The van der Waals surface area contributed by atoms with Crippen LogP contribution in [0, 0.1) is 23.7 Å². The van der Waals surface area contributed by atoms with Crippen LogP contribution in [-0.4, -0.2) is 48.1 Å². The lowest BCUT2D eigenvalue weighted by atomic mass is 9.82. The number of fused-ring (bicyclic) bond motifs is 2. The Morgan fingerprint density at radius 1 is 1.30 bits per heavy atom. The molecule has 1 aliphatic heterocycles. The van der Waals surface area contributed by atoms with Gasteiger partial charge >= 0.3 is 5.97 Å². The Labute approximate surface area is 119 Å². The minimum absolute atomic E-state index is 0.0439. The highest BCUT2D eigenvalue weighted by Crippen LogP contribution is 2.48. The van der Waals surface area contributed by atoms with E-state index in [-0.39, 0.29) is 23.7 Å². The van der Waals surface area contributed by atoms with Gasteiger partial charge in [0.15, 0.2) is 0 Å². The Morgan fingerprint density at radius 2 is 2.00 bits per heavy atom. The second-order valence-corrected chi connectivity index (χ2v) is 6.36. The van der Waals surface area contributed by atoms with Crippen LogP contribution < -0.4 is 5.32 Å². The van der Waals surface area contributed by atoms with Crippen molar-refractivity contribution >= 4 is 11.9 Å². The first kappa shape index (κ1) is 13.6. The Kier molecular flexibility index (Phi) is 3.54. The molecule has 1 amide bonds. The van der Waals surface area contributed by atoms with E-state index in [9.17, 15) is 14.7 Å². The number of amides is 1. The molecule has 5 unspecified atom stereocenters. The molecule has 2 aliphatic carbocycles. The lowest BCUT2D eigenvalue weighted by Crippen LogP contribution is -2.44. The molecule has 5 heteroatoms. The number of carboxylic acid groups (broad SMARTS) is 1. The fraction of sp³-hybridized carbons (Fsp3) is 0.733. The number of carboxylic acids is 1. The quantitative estimate of drug-likeness (QED) is 0.744. The number of allylic oxidation sites excluding steroid dienone is 2. The van der Waals surface area contributed by atoms with E-state index in [4.69, 9.17) is 0 Å². The monoisotopic (exact) mass is 278 g/mol. The van der Waals surface area contributed by atoms with E-state index in [1.807, 2.05) is 12.2 Å². The number of rotatable bonds is 4. The van der Waals surface area contributed by atoms with Crippen molar-refractivity contribution in [3.63, 3.8) is 0 Å². The first-order valence-corrected chi connectivity index (χ1v) is 7.47. The zero-order valence-electron chi connectivity index (χ0n) is 11.8. The van der Waals surface area contributed by atoms with Crippen LogP contribution in [0.5, 0.6) is 0 Å². The van der Waals surface area contributed by atoms with Gasteiger partial charge in [0.2, 0.25) is 5.91 Å². The molecule has 0 aromatic heterocycles. The minimum Gasteiger partial charge on any atom is -0.481 e. The number of likely N-dealkylation sites (tertiary alicyclic amines) is 1. The van der Waals surface area contributed by atoms with Crippen molar-refractivity contribution < 1.29 is 14.7 Å². The van der Waals surface area contributed by atoms with E-state index < -0.39 is 11.9 Å². The molecule has 3 aliphatic rings. The largest absolute Gasteiger partial charge is 0.481 e. The predicted octanol–water partition coefficient (Wildman–Crippen LogP) is 0.720. The fourth-order valence-corrected chi connectivity index (χ4v) is 4.09. The van der Waals surface area contributed by atoms with Gasteiger partial charge in [-0.15, -0.1) is 0 Å². The number of hydrogen-bond acceptors (Lipinski definition) is 3. The maximum atomic E-state index is 12.4. The highest BCUT2D eigenvalue weighted by molar-refractivity contribution is 5.86. The summed E-state index contributed by atoms with van der Waals surface area (Å²) in [7, 11) is 2.07. The maximum Gasteiger partial charge on any atom is 0.307 e. The molecule has 20 heavy (non-hydrogen) atoms. The molecule has 0 spiro atoms. The molecule has 2 N–H and O–H groups in total. The van der Waals surface area contributed by atoms with Crippen LogP contribution >= 0.6 is 0 Å². The molecule has 0 aromatic rings. The van der Waals surface area contributed by atoms with E-state index in [2.05, 4.69) is 17.3 Å². The van der Waals surface area contributed by atoms with Gasteiger partial charge in [-0.1, -0.05) is 12.2 Å². The normalized spacial score (nSPS) is 39.4. The second-order valence-electron chi connectivity index (χ2n) is 6.36. The van der Waals surface area contributed by atoms with Crippen LogP contribution in [0.15, 0.2) is 12.2 Å². The highest BCUT2D eigenvalue weighted by Gasteiger charge is 2.51. The molecule has 110 valence electrons. The molecular weight excluding hydrogens is 256 g/mol. The van der Waals surface area contributed by atoms with Gasteiger partial charge in [-0.25, -0.2) is 0 Å². The first-order valence-electron chi connectivity index (χ1n) is 7.47. The van der Waals surface area contributed by atoms with Crippen molar-refractivity contribution in [2.75, 3.05) is 20.1 Å². The topological polar surface area (TPSA) is 69.6 Å². The zero-order chi connectivity index (χ0) is 14.3. The second kappa shape index (κ2) is 5.20. The van der Waals surface area contributed by atoms with Gasteiger partial charge in [-0.2, -0.15) is 0 Å². The SMILES string of the molecule is CN1CCCC1CNC(=O)C1C2C=CC(C2)C1C(=O)O. The predicted molar refractivity (Wildman–Crippen MR) is 74.0 cm³/mol. The van der Waals surface area contributed by atoms with Crippen LogP contribution in [0.1, 0.15) is 19.3 Å². The summed E-state index contributed by atoms with van der Waals surface area (Å²) in [6, 6.07) is 0.399. The lowest BCUT2D eigenvalue weighted by molar-refractivity contribution is -0.147. The van der Waals surface area contributed by atoms with Crippen molar-refractivity contribution in [1.82, 2.24) is 10.2 Å². The van der Waals surface area contributed by atoms with Gasteiger partial charge in [0.25, 0.3) is 0 Å². The van der Waals surface area contributed by atoms with Crippen LogP contribution in [0.2, 0.25) is 0 Å². The van der Waals surface area contributed by atoms with Crippen molar-refractivity contribution in [2.45, 2.75) is 25.3 Å². The Bertz CT molecular complexity index is 448. The molecular formula is C15H22N2O3. The molecule has 2 fully saturated rings. The zero-order valence-corrected chi connectivity index (χ0v) is 11.8. The summed E-state index contributed by atoms with van der Waals surface area (Å²) in [6.45, 7) is 1.72. The summed E-state index contributed by atoms with van der Waals surface area (Å²) < 4.78 is 0. The lowest BCUT2D eigenvalue weighted by Gasteiger charge is -2.26. The third kappa shape index (κ3) is 2.24. The van der Waals surface area contributed by atoms with Gasteiger partial charge in [-0.05, 0) is 44.7 Å². The molecule has 1 saturated heterocycles. The van der Waals surface area contributed by atoms with Crippen LogP contribution in [0.25, 0.3) is 0 Å². The number of likely N-dealkylation sites (N-methyl/N-ethyl adjacent to an activating group) is 1. The average Bonchev–Trinajstić information content (AvgIpc) is 3.10. The smallest absolute Gasteiger partial charge is 0.307 e. The van der Waals surface area contributed by atoms with Crippen molar-refractivity contribution in [2.24, 2.45) is 23.7 Å². The van der Waals surface area contributed by atoms with E-state index in [1.165, 1.54) is 6.42 Å². The van der Waals surface area contributed by atoms with E-state index in [0.717, 1.165) is 19.4 Å². The van der Waals surface area contributed by atoms with E-state index in [1.54, 1.807) is 0 Å². The van der Waals surface area contributed by atoms with Crippen molar-refractivity contribution in [1.29, 1.82) is 0 Å². The van der Waals surface area contributed by atoms with Gasteiger partial charge in [-0.3, -0.25) is 9.59 Å². The third-order valence-corrected chi connectivity index (χ3v) is 5.23. The molecule has 1 saturated carbocycles. The summed E-state index contributed by atoms with van der Waals surface area (Å²) >= 11 is 0. The third-order valence-electron chi connectivity index (χ3n) is 5.23. The van der Waals surface area contributed by atoms with Gasteiger partial charge in [0.1, 0.15) is 0 Å². The van der Waals surface area contributed by atoms with E-state index in [0.29, 0.717) is 12.6 Å². The summed E-state index contributed by atoms with van der Waals surface area (Å²) in [6.07, 6.45) is 7.09. The highest BCUT2D eigenvalue weighted by atomic mass is 16.4. The van der Waals surface area contributed by atoms with Crippen LogP contribution in [-0.2, 0) is 9.59 Å². The first-order chi connectivity index (χ1) is 9.58. The number of nitrogens with zero attached hydrogens (tertiary/aromatic N) is 1. The summed E-state index contributed by atoms with van der Waals surface area (Å²) in [5, 5.41) is 12.3. The number of nitrogens with one attached hydrogen (secondary N) is 1. The Morgan fingerprint density at radius 3 is 2.60 bits per heavy atom.